The first-order valence-electron chi connectivity index (χ1n) is 9.73. The Morgan fingerprint density at radius 1 is 1.00 bits per heavy atom. The maximum Gasteiger partial charge on any atom is 0.287 e. The highest BCUT2D eigenvalue weighted by Gasteiger charge is 2.48. The van der Waals surface area contributed by atoms with Crippen LogP contribution in [-0.2, 0) is 0 Å². The summed E-state index contributed by atoms with van der Waals surface area (Å²) in [6.07, 6.45) is 6.31. The number of furan rings is 1. The highest BCUT2D eigenvalue weighted by molar-refractivity contribution is 5.92. The summed E-state index contributed by atoms with van der Waals surface area (Å²) in [5.74, 6) is 3.25. The van der Waals surface area contributed by atoms with Crippen LogP contribution in [0.5, 0.6) is 0 Å². The lowest BCUT2D eigenvalue weighted by molar-refractivity contribution is -0.384. The van der Waals surface area contributed by atoms with E-state index in [1.54, 1.807) is 30.3 Å². The molecule has 2 aromatic rings. The van der Waals surface area contributed by atoms with Gasteiger partial charge in [-0.3, -0.25) is 14.9 Å². The Bertz CT molecular complexity index is 875. The number of nitro groups is 1. The van der Waals surface area contributed by atoms with Crippen LogP contribution in [0.1, 0.15) is 42.7 Å². The van der Waals surface area contributed by atoms with Crippen molar-refractivity contribution in [3.05, 3.63) is 52.3 Å². The van der Waals surface area contributed by atoms with Gasteiger partial charge in [-0.1, -0.05) is 12.1 Å². The molecule has 1 heterocycles. The molecule has 1 amide bonds. The smallest absolute Gasteiger partial charge is 0.287 e. The van der Waals surface area contributed by atoms with Crippen LogP contribution in [0.25, 0.3) is 11.3 Å². The van der Waals surface area contributed by atoms with Crippen molar-refractivity contribution in [2.24, 2.45) is 23.7 Å². The number of nitro benzene ring substituents is 1. The molecule has 1 N–H and O–H groups in total. The molecule has 0 saturated heterocycles. The van der Waals surface area contributed by atoms with E-state index in [9.17, 15) is 14.9 Å². The predicted molar refractivity (Wildman–Crippen MR) is 99.1 cm³/mol. The Morgan fingerprint density at radius 2 is 1.67 bits per heavy atom. The van der Waals surface area contributed by atoms with E-state index in [0.29, 0.717) is 23.2 Å². The highest BCUT2D eigenvalue weighted by Crippen LogP contribution is 2.53. The molecule has 4 fully saturated rings. The van der Waals surface area contributed by atoms with Gasteiger partial charge in [0.05, 0.1) is 10.5 Å². The van der Waals surface area contributed by atoms with Gasteiger partial charge in [0.2, 0.25) is 0 Å². The van der Waals surface area contributed by atoms with E-state index < -0.39 is 4.92 Å². The topological polar surface area (TPSA) is 85.4 Å². The molecular weight excluding hydrogens is 344 g/mol. The van der Waals surface area contributed by atoms with E-state index in [2.05, 4.69) is 5.32 Å². The lowest BCUT2D eigenvalue weighted by atomic mass is 9.54. The number of amides is 1. The molecule has 1 aromatic heterocycles. The van der Waals surface area contributed by atoms with Crippen LogP contribution < -0.4 is 5.32 Å². The molecular formula is C21H22N2O4. The molecule has 6 heteroatoms. The SMILES string of the molecule is O=C(NC1C2CC3CC(C2)CC1C3)c1ccc(-c2ccccc2[N+](=O)[O-])o1. The zero-order valence-corrected chi connectivity index (χ0v) is 15.0. The fourth-order valence-electron chi connectivity index (χ4n) is 5.83. The van der Waals surface area contributed by atoms with Crippen LogP contribution in [-0.4, -0.2) is 16.9 Å². The van der Waals surface area contributed by atoms with Crippen LogP contribution in [0.4, 0.5) is 5.69 Å². The number of carbonyl (C=O) groups excluding carboxylic acids is 1. The number of nitrogens with one attached hydrogen (secondary N) is 1. The Hall–Kier alpha value is -2.63. The molecule has 140 valence electrons. The van der Waals surface area contributed by atoms with Crippen molar-refractivity contribution in [2.75, 3.05) is 0 Å². The molecule has 4 saturated carbocycles. The maximum absolute atomic E-state index is 12.8. The summed E-state index contributed by atoms with van der Waals surface area (Å²) >= 11 is 0. The minimum absolute atomic E-state index is 0.0279. The van der Waals surface area contributed by atoms with Gasteiger partial charge in [-0.05, 0) is 74.0 Å². The highest BCUT2D eigenvalue weighted by atomic mass is 16.6. The quantitative estimate of drug-likeness (QED) is 0.641. The molecule has 0 aliphatic heterocycles. The van der Waals surface area contributed by atoms with Crippen LogP contribution in [0.3, 0.4) is 0 Å². The van der Waals surface area contributed by atoms with Crippen LogP contribution in [0.2, 0.25) is 0 Å². The number of hydrogen-bond acceptors (Lipinski definition) is 4. The average molecular weight is 366 g/mol. The second-order valence-electron chi connectivity index (χ2n) is 8.37. The van der Waals surface area contributed by atoms with Gasteiger partial charge in [0.25, 0.3) is 11.6 Å². The second kappa shape index (κ2) is 6.22. The van der Waals surface area contributed by atoms with Crippen molar-refractivity contribution in [1.29, 1.82) is 0 Å². The molecule has 27 heavy (non-hydrogen) atoms. The van der Waals surface area contributed by atoms with Crippen molar-refractivity contribution in [2.45, 2.75) is 38.1 Å². The van der Waals surface area contributed by atoms with Gasteiger partial charge in [-0.15, -0.1) is 0 Å². The van der Waals surface area contributed by atoms with E-state index in [-0.39, 0.29) is 23.4 Å². The van der Waals surface area contributed by atoms with E-state index in [1.165, 1.54) is 38.2 Å². The molecule has 0 spiro atoms. The van der Waals surface area contributed by atoms with E-state index in [1.807, 2.05) is 0 Å². The summed E-state index contributed by atoms with van der Waals surface area (Å²) in [6, 6.07) is 9.89. The normalized spacial score (nSPS) is 31.0. The van der Waals surface area contributed by atoms with Crippen LogP contribution in [0.15, 0.2) is 40.8 Å². The molecule has 6 nitrogen and oxygen atoms in total. The molecule has 4 aliphatic rings. The van der Waals surface area contributed by atoms with Crippen molar-refractivity contribution in [3.8, 4) is 11.3 Å². The van der Waals surface area contributed by atoms with Crippen LogP contribution >= 0.6 is 0 Å². The van der Waals surface area contributed by atoms with E-state index in [0.717, 1.165) is 11.8 Å². The van der Waals surface area contributed by atoms with Crippen molar-refractivity contribution in [1.82, 2.24) is 5.32 Å². The third kappa shape index (κ3) is 2.83. The fraction of sp³-hybridized carbons (Fsp3) is 0.476. The van der Waals surface area contributed by atoms with Crippen molar-refractivity contribution >= 4 is 11.6 Å². The number of benzene rings is 1. The average Bonchev–Trinajstić information content (AvgIpc) is 3.14. The number of hydrogen-bond donors (Lipinski definition) is 1. The maximum atomic E-state index is 12.8. The Balaban J connectivity index is 1.35. The number of rotatable bonds is 4. The van der Waals surface area contributed by atoms with Gasteiger partial charge in [-0.2, -0.15) is 0 Å². The summed E-state index contributed by atoms with van der Waals surface area (Å²) < 4.78 is 5.70. The molecule has 1 aromatic carbocycles. The first kappa shape index (κ1) is 16.5. The summed E-state index contributed by atoms with van der Waals surface area (Å²) in [6.45, 7) is 0. The Morgan fingerprint density at radius 3 is 2.33 bits per heavy atom. The van der Waals surface area contributed by atoms with Gasteiger partial charge in [0.15, 0.2) is 5.76 Å². The second-order valence-corrected chi connectivity index (χ2v) is 8.37. The minimum Gasteiger partial charge on any atom is -0.451 e. The van der Waals surface area contributed by atoms with Gasteiger partial charge < -0.3 is 9.73 Å². The summed E-state index contributed by atoms with van der Waals surface area (Å²) in [7, 11) is 0. The summed E-state index contributed by atoms with van der Waals surface area (Å²) in [5, 5.41) is 14.4. The lowest BCUT2D eigenvalue weighted by Gasteiger charge is -2.54. The minimum atomic E-state index is -0.438. The van der Waals surface area contributed by atoms with E-state index in [4.69, 9.17) is 4.42 Å². The van der Waals surface area contributed by atoms with Gasteiger partial charge in [0, 0.05) is 12.1 Å². The van der Waals surface area contributed by atoms with Crippen molar-refractivity contribution in [3.63, 3.8) is 0 Å². The molecule has 6 rings (SSSR count). The van der Waals surface area contributed by atoms with Gasteiger partial charge in [-0.25, -0.2) is 0 Å². The predicted octanol–water partition coefficient (Wildman–Crippen LogP) is 4.41. The molecule has 0 atom stereocenters. The molecule has 0 unspecified atom stereocenters. The zero-order chi connectivity index (χ0) is 18.5. The van der Waals surface area contributed by atoms with Gasteiger partial charge >= 0.3 is 0 Å². The largest absolute Gasteiger partial charge is 0.451 e. The standard InChI is InChI=1S/C21H22N2O4/c24-21(22-20-14-8-12-7-13(10-14)11-15(20)9-12)19-6-5-18(27-19)16-3-1-2-4-17(16)23(25)26/h1-6,12-15,20H,7-11H2,(H,22,24). The number of carbonyl (C=O) groups is 1. The Kier molecular flexibility index (Phi) is 3.81. The third-order valence-corrected chi connectivity index (χ3v) is 6.72. The van der Waals surface area contributed by atoms with Crippen molar-refractivity contribution < 1.29 is 14.1 Å². The Labute approximate surface area is 157 Å². The zero-order valence-electron chi connectivity index (χ0n) is 15.0. The summed E-state index contributed by atoms with van der Waals surface area (Å²) in [5.41, 5.74) is 0.357. The first-order valence-corrected chi connectivity index (χ1v) is 9.73. The fourth-order valence-corrected chi connectivity index (χ4v) is 5.83. The van der Waals surface area contributed by atoms with Crippen LogP contribution in [0, 0.1) is 33.8 Å². The number of nitrogens with zero attached hydrogens (tertiary/aromatic N) is 1. The molecule has 0 radical (unpaired) electrons. The first-order chi connectivity index (χ1) is 13.1. The van der Waals surface area contributed by atoms with E-state index >= 15 is 0 Å². The summed E-state index contributed by atoms with van der Waals surface area (Å²) in [4.78, 5) is 23.5. The number of para-hydroxylation sites is 1. The van der Waals surface area contributed by atoms with Gasteiger partial charge in [0.1, 0.15) is 5.76 Å². The third-order valence-electron chi connectivity index (χ3n) is 6.72. The lowest BCUT2D eigenvalue weighted by Crippen LogP contribution is -2.55. The molecule has 4 aliphatic carbocycles. The molecule has 4 bridgehead atoms. The monoisotopic (exact) mass is 366 g/mol.